The normalized spacial score (nSPS) is 14.7. The third-order valence-electron chi connectivity index (χ3n) is 3.22. The Balaban J connectivity index is 1.67. The van der Waals surface area contributed by atoms with Crippen LogP contribution in [0.25, 0.3) is 0 Å². The number of benzene rings is 1. The molecule has 7 nitrogen and oxygen atoms in total. The highest BCUT2D eigenvalue weighted by Gasteiger charge is 2.21. The minimum Gasteiger partial charge on any atom is -0.497 e. The summed E-state index contributed by atoms with van der Waals surface area (Å²) in [6.45, 7) is 1.73. The molecule has 1 fully saturated rings. The Kier molecular flexibility index (Phi) is 3.34. The monoisotopic (exact) mass is 273 g/mol. The van der Waals surface area contributed by atoms with E-state index >= 15 is 0 Å². The Morgan fingerprint density at radius 3 is 2.75 bits per heavy atom. The van der Waals surface area contributed by atoms with Crippen molar-refractivity contribution in [2.45, 2.75) is 6.04 Å². The van der Waals surface area contributed by atoms with Crippen LogP contribution in [0, 0.1) is 0 Å². The molecule has 0 aliphatic carbocycles. The largest absolute Gasteiger partial charge is 0.497 e. The van der Waals surface area contributed by atoms with Crippen LogP contribution in [-0.2, 0) is 0 Å². The molecule has 2 N–H and O–H groups in total. The van der Waals surface area contributed by atoms with Gasteiger partial charge in [0.2, 0.25) is 0 Å². The number of rotatable bonds is 4. The van der Waals surface area contributed by atoms with Gasteiger partial charge in [0, 0.05) is 18.8 Å². The first-order valence-electron chi connectivity index (χ1n) is 6.34. The summed E-state index contributed by atoms with van der Waals surface area (Å²) < 4.78 is 6.78. The number of nitrogens with one attached hydrogen (secondary N) is 2. The number of methoxy groups -OCH3 is 1. The summed E-state index contributed by atoms with van der Waals surface area (Å²) in [4.78, 5) is 12.0. The molecule has 20 heavy (non-hydrogen) atoms. The Morgan fingerprint density at radius 1 is 1.40 bits per heavy atom. The minimum absolute atomic E-state index is 0.270. The lowest BCUT2D eigenvalue weighted by molar-refractivity contribution is 0.102. The Bertz CT molecular complexity index is 603. The van der Waals surface area contributed by atoms with Gasteiger partial charge in [0.25, 0.3) is 5.91 Å². The van der Waals surface area contributed by atoms with Gasteiger partial charge in [-0.25, -0.2) is 4.68 Å². The number of amides is 1. The zero-order valence-electron chi connectivity index (χ0n) is 11.0. The maximum atomic E-state index is 12.0. The van der Waals surface area contributed by atoms with Crippen LogP contribution in [-0.4, -0.2) is 41.1 Å². The van der Waals surface area contributed by atoms with E-state index in [1.54, 1.807) is 42.3 Å². The summed E-state index contributed by atoms with van der Waals surface area (Å²) in [6, 6.07) is 7.41. The molecule has 1 aromatic heterocycles. The smallest absolute Gasteiger partial charge is 0.277 e. The van der Waals surface area contributed by atoms with Crippen molar-refractivity contribution in [2.75, 3.05) is 25.5 Å². The fourth-order valence-corrected chi connectivity index (χ4v) is 1.89. The number of carbonyl (C=O) groups is 1. The summed E-state index contributed by atoms with van der Waals surface area (Å²) in [5, 5.41) is 13.8. The van der Waals surface area contributed by atoms with E-state index in [0.29, 0.717) is 17.4 Å². The molecule has 2 heterocycles. The van der Waals surface area contributed by atoms with E-state index in [0.717, 1.165) is 18.8 Å². The Morgan fingerprint density at radius 2 is 2.15 bits per heavy atom. The number of hydrogen-bond acceptors (Lipinski definition) is 5. The molecule has 0 unspecified atom stereocenters. The van der Waals surface area contributed by atoms with E-state index in [9.17, 15) is 4.79 Å². The maximum absolute atomic E-state index is 12.0. The number of carbonyl (C=O) groups excluding carboxylic acids is 1. The average molecular weight is 273 g/mol. The first kappa shape index (κ1) is 12.6. The molecule has 104 valence electrons. The number of ether oxygens (including phenoxy) is 1. The van der Waals surface area contributed by atoms with Crippen molar-refractivity contribution in [3.05, 3.63) is 36.2 Å². The van der Waals surface area contributed by atoms with Crippen LogP contribution in [0.15, 0.2) is 30.5 Å². The summed E-state index contributed by atoms with van der Waals surface area (Å²) in [5.74, 6) is 0.472. The molecule has 1 aliphatic heterocycles. The van der Waals surface area contributed by atoms with Crippen LogP contribution in [0.3, 0.4) is 0 Å². The van der Waals surface area contributed by atoms with Gasteiger partial charge >= 0.3 is 0 Å². The first-order valence-corrected chi connectivity index (χ1v) is 6.34. The van der Waals surface area contributed by atoms with Crippen LogP contribution >= 0.6 is 0 Å². The number of anilines is 1. The summed E-state index contributed by atoms with van der Waals surface area (Å²) in [6.07, 6.45) is 1.67. The second-order valence-corrected chi connectivity index (χ2v) is 4.58. The van der Waals surface area contributed by atoms with Crippen LogP contribution < -0.4 is 15.4 Å². The van der Waals surface area contributed by atoms with Crippen LogP contribution in [0.1, 0.15) is 16.5 Å². The van der Waals surface area contributed by atoms with Gasteiger partial charge in [-0.3, -0.25) is 4.79 Å². The molecule has 0 bridgehead atoms. The Hall–Kier alpha value is -2.41. The molecule has 0 atom stereocenters. The summed E-state index contributed by atoms with van der Waals surface area (Å²) >= 11 is 0. The lowest BCUT2D eigenvalue weighted by Gasteiger charge is -2.26. The van der Waals surface area contributed by atoms with Crippen molar-refractivity contribution >= 4 is 11.6 Å². The minimum atomic E-state index is -0.270. The maximum Gasteiger partial charge on any atom is 0.277 e. The van der Waals surface area contributed by atoms with E-state index < -0.39 is 0 Å². The molecule has 1 aliphatic rings. The third kappa shape index (κ3) is 2.48. The lowest BCUT2D eigenvalue weighted by Crippen LogP contribution is -2.43. The molecular formula is C13H15N5O2. The van der Waals surface area contributed by atoms with E-state index in [4.69, 9.17) is 4.74 Å². The van der Waals surface area contributed by atoms with Gasteiger partial charge in [0.1, 0.15) is 5.75 Å². The second-order valence-electron chi connectivity index (χ2n) is 4.58. The van der Waals surface area contributed by atoms with Gasteiger partial charge in [-0.15, -0.1) is 5.10 Å². The van der Waals surface area contributed by atoms with Crippen molar-refractivity contribution in [1.82, 2.24) is 20.3 Å². The summed E-state index contributed by atoms with van der Waals surface area (Å²) in [5.41, 5.74) is 1.00. The van der Waals surface area contributed by atoms with Gasteiger partial charge in [-0.1, -0.05) is 5.21 Å². The molecule has 1 saturated heterocycles. The fraction of sp³-hybridized carbons (Fsp3) is 0.308. The second kappa shape index (κ2) is 5.30. The van der Waals surface area contributed by atoms with Crippen molar-refractivity contribution in [2.24, 2.45) is 0 Å². The molecule has 1 aromatic carbocycles. The molecule has 1 amide bonds. The molecule has 7 heteroatoms. The van der Waals surface area contributed by atoms with Crippen LogP contribution in [0.5, 0.6) is 5.75 Å². The molecule has 0 radical (unpaired) electrons. The van der Waals surface area contributed by atoms with E-state index in [-0.39, 0.29) is 5.91 Å². The first-order chi connectivity index (χ1) is 9.76. The van der Waals surface area contributed by atoms with Crippen molar-refractivity contribution in [3.8, 4) is 5.75 Å². The molecular weight excluding hydrogens is 258 g/mol. The van der Waals surface area contributed by atoms with Gasteiger partial charge in [0.05, 0.1) is 19.3 Å². The highest BCUT2D eigenvalue weighted by atomic mass is 16.5. The summed E-state index contributed by atoms with van der Waals surface area (Å²) in [7, 11) is 1.60. The number of hydrogen-bond donors (Lipinski definition) is 2. The molecule has 3 rings (SSSR count). The quantitative estimate of drug-likeness (QED) is 0.856. The van der Waals surface area contributed by atoms with Crippen molar-refractivity contribution in [1.29, 1.82) is 0 Å². The predicted octanol–water partition coefficient (Wildman–Crippen LogP) is 0.683. The highest BCUT2D eigenvalue weighted by molar-refractivity contribution is 6.02. The third-order valence-corrected chi connectivity index (χ3v) is 3.22. The SMILES string of the molecule is COc1ccc(NC(=O)c2cn(C3CNC3)nn2)cc1. The van der Waals surface area contributed by atoms with Crippen molar-refractivity contribution < 1.29 is 9.53 Å². The van der Waals surface area contributed by atoms with Gasteiger partial charge < -0.3 is 15.4 Å². The van der Waals surface area contributed by atoms with Crippen molar-refractivity contribution in [3.63, 3.8) is 0 Å². The average Bonchev–Trinajstić information content (AvgIpc) is 2.87. The standard InChI is InChI=1S/C13H15N5O2/c1-20-11-4-2-9(3-5-11)15-13(19)12-8-18(17-16-12)10-6-14-7-10/h2-5,8,10,14H,6-7H2,1H3,(H,15,19). The topological polar surface area (TPSA) is 81.1 Å². The van der Waals surface area contributed by atoms with Crippen LogP contribution in [0.2, 0.25) is 0 Å². The van der Waals surface area contributed by atoms with E-state index in [2.05, 4.69) is 20.9 Å². The van der Waals surface area contributed by atoms with Crippen LogP contribution in [0.4, 0.5) is 5.69 Å². The van der Waals surface area contributed by atoms with E-state index in [1.807, 2.05) is 0 Å². The molecule has 2 aromatic rings. The lowest BCUT2D eigenvalue weighted by atomic mass is 10.2. The predicted molar refractivity (Wildman–Crippen MR) is 72.9 cm³/mol. The fourth-order valence-electron chi connectivity index (χ4n) is 1.89. The zero-order chi connectivity index (χ0) is 13.9. The molecule has 0 spiro atoms. The highest BCUT2D eigenvalue weighted by Crippen LogP contribution is 2.16. The van der Waals surface area contributed by atoms with Gasteiger partial charge in [-0.05, 0) is 24.3 Å². The Labute approximate surface area is 115 Å². The van der Waals surface area contributed by atoms with Gasteiger partial charge in [-0.2, -0.15) is 0 Å². The molecule has 0 saturated carbocycles. The zero-order valence-corrected chi connectivity index (χ0v) is 11.0. The number of nitrogens with zero attached hydrogens (tertiary/aromatic N) is 3. The van der Waals surface area contributed by atoms with Gasteiger partial charge in [0.15, 0.2) is 5.69 Å². The van der Waals surface area contributed by atoms with E-state index in [1.165, 1.54) is 0 Å². The number of aromatic nitrogens is 3.